The van der Waals surface area contributed by atoms with E-state index in [1.807, 2.05) is 11.8 Å². The highest BCUT2D eigenvalue weighted by molar-refractivity contribution is 5.74. The Labute approximate surface area is 109 Å². The molecular formula is C14H24N2O2. The Balaban J connectivity index is 1.82. The monoisotopic (exact) mass is 252 g/mol. The van der Waals surface area contributed by atoms with Crippen LogP contribution in [0.4, 0.5) is 4.79 Å². The van der Waals surface area contributed by atoms with Gasteiger partial charge in [0.25, 0.3) is 0 Å². The maximum Gasteiger partial charge on any atom is 0.317 e. The standard InChI is InChI=1S/C14H24N2O2/c1-11(17)12-6-5-9-16(10-12)14(18)15-13-7-3-2-4-8-13/h2-3,11-13,17H,4-10H2,1H3,(H,15,18). The minimum Gasteiger partial charge on any atom is -0.393 e. The van der Waals surface area contributed by atoms with Gasteiger partial charge in [0, 0.05) is 25.0 Å². The number of hydrogen-bond acceptors (Lipinski definition) is 2. The highest BCUT2D eigenvalue weighted by atomic mass is 16.3. The largest absolute Gasteiger partial charge is 0.393 e. The molecule has 2 amide bonds. The predicted octanol–water partition coefficient (Wildman–Crippen LogP) is 1.90. The van der Waals surface area contributed by atoms with Crippen LogP contribution in [0.15, 0.2) is 12.2 Å². The first kappa shape index (κ1) is 13.4. The van der Waals surface area contributed by atoms with E-state index in [2.05, 4.69) is 17.5 Å². The van der Waals surface area contributed by atoms with E-state index >= 15 is 0 Å². The van der Waals surface area contributed by atoms with Gasteiger partial charge in [-0.3, -0.25) is 0 Å². The number of piperidine rings is 1. The summed E-state index contributed by atoms with van der Waals surface area (Å²) in [6.07, 6.45) is 9.05. The maximum atomic E-state index is 12.1. The molecule has 0 radical (unpaired) electrons. The van der Waals surface area contributed by atoms with Gasteiger partial charge in [0.15, 0.2) is 0 Å². The number of amides is 2. The molecule has 18 heavy (non-hydrogen) atoms. The molecule has 3 unspecified atom stereocenters. The van der Waals surface area contributed by atoms with Gasteiger partial charge in [0.2, 0.25) is 0 Å². The third-order valence-corrected chi connectivity index (χ3v) is 4.02. The summed E-state index contributed by atoms with van der Waals surface area (Å²) in [6.45, 7) is 3.32. The van der Waals surface area contributed by atoms with Gasteiger partial charge >= 0.3 is 6.03 Å². The zero-order valence-electron chi connectivity index (χ0n) is 11.1. The van der Waals surface area contributed by atoms with Crippen LogP contribution in [0.1, 0.15) is 39.0 Å². The summed E-state index contributed by atoms with van der Waals surface area (Å²) >= 11 is 0. The quantitative estimate of drug-likeness (QED) is 0.737. The van der Waals surface area contributed by atoms with E-state index in [1.54, 1.807) is 0 Å². The number of hydrogen-bond donors (Lipinski definition) is 2. The van der Waals surface area contributed by atoms with Crippen molar-refractivity contribution in [2.45, 2.75) is 51.2 Å². The lowest BCUT2D eigenvalue weighted by Gasteiger charge is -2.35. The Morgan fingerprint density at radius 2 is 2.28 bits per heavy atom. The van der Waals surface area contributed by atoms with Gasteiger partial charge in [-0.15, -0.1) is 0 Å². The van der Waals surface area contributed by atoms with E-state index in [9.17, 15) is 9.90 Å². The van der Waals surface area contributed by atoms with Crippen molar-refractivity contribution in [2.24, 2.45) is 5.92 Å². The SMILES string of the molecule is CC(O)C1CCCN(C(=O)NC2CC=CCC2)C1. The molecule has 4 heteroatoms. The molecular weight excluding hydrogens is 228 g/mol. The second kappa shape index (κ2) is 6.23. The van der Waals surface area contributed by atoms with E-state index in [-0.39, 0.29) is 24.1 Å². The average molecular weight is 252 g/mol. The maximum absolute atomic E-state index is 12.1. The highest BCUT2D eigenvalue weighted by Gasteiger charge is 2.27. The second-order valence-corrected chi connectivity index (χ2v) is 5.52. The molecule has 0 aromatic carbocycles. The minimum absolute atomic E-state index is 0.0423. The van der Waals surface area contributed by atoms with Crippen LogP contribution < -0.4 is 5.32 Å². The molecule has 1 saturated heterocycles. The molecule has 1 fully saturated rings. The van der Waals surface area contributed by atoms with Crippen molar-refractivity contribution in [1.82, 2.24) is 10.2 Å². The fourth-order valence-electron chi connectivity index (χ4n) is 2.78. The zero-order chi connectivity index (χ0) is 13.0. The third kappa shape index (κ3) is 3.48. The summed E-state index contributed by atoms with van der Waals surface area (Å²) in [5.41, 5.74) is 0. The van der Waals surface area contributed by atoms with Crippen LogP contribution in [0.5, 0.6) is 0 Å². The summed E-state index contributed by atoms with van der Waals surface area (Å²) in [7, 11) is 0. The topological polar surface area (TPSA) is 52.6 Å². The molecule has 0 saturated carbocycles. The summed E-state index contributed by atoms with van der Waals surface area (Å²) in [5, 5.41) is 12.7. The van der Waals surface area contributed by atoms with Crippen LogP contribution >= 0.6 is 0 Å². The minimum atomic E-state index is -0.321. The first-order valence-electron chi connectivity index (χ1n) is 7.05. The first-order chi connectivity index (χ1) is 8.66. The van der Waals surface area contributed by atoms with Crippen molar-refractivity contribution in [3.05, 3.63) is 12.2 Å². The molecule has 0 aromatic rings. The zero-order valence-corrected chi connectivity index (χ0v) is 11.1. The number of nitrogens with zero attached hydrogens (tertiary/aromatic N) is 1. The molecule has 2 rings (SSSR count). The Hall–Kier alpha value is -1.03. The molecule has 102 valence electrons. The number of aliphatic hydroxyl groups is 1. The van der Waals surface area contributed by atoms with Crippen LogP contribution in [0.2, 0.25) is 0 Å². The van der Waals surface area contributed by atoms with E-state index < -0.39 is 0 Å². The Morgan fingerprint density at radius 1 is 1.44 bits per heavy atom. The van der Waals surface area contributed by atoms with Crippen LogP contribution in [0, 0.1) is 5.92 Å². The third-order valence-electron chi connectivity index (χ3n) is 4.02. The molecule has 0 spiro atoms. The Morgan fingerprint density at radius 3 is 2.94 bits per heavy atom. The molecule has 1 aliphatic carbocycles. The van der Waals surface area contributed by atoms with Crippen molar-refractivity contribution in [2.75, 3.05) is 13.1 Å². The molecule has 1 aliphatic heterocycles. The summed E-state index contributed by atoms with van der Waals surface area (Å²) < 4.78 is 0. The molecule has 1 heterocycles. The number of carbonyl (C=O) groups excluding carboxylic acids is 1. The number of likely N-dealkylation sites (tertiary alicyclic amines) is 1. The summed E-state index contributed by atoms with van der Waals surface area (Å²) in [4.78, 5) is 14.0. The van der Waals surface area contributed by atoms with Crippen molar-refractivity contribution in [3.8, 4) is 0 Å². The van der Waals surface area contributed by atoms with Crippen LogP contribution in [-0.4, -0.2) is 41.3 Å². The Kier molecular flexibility index (Phi) is 4.64. The number of aliphatic hydroxyl groups excluding tert-OH is 1. The fraction of sp³-hybridized carbons (Fsp3) is 0.786. The number of urea groups is 1. The molecule has 2 aliphatic rings. The van der Waals surface area contributed by atoms with Gasteiger partial charge in [-0.1, -0.05) is 12.2 Å². The van der Waals surface area contributed by atoms with Crippen LogP contribution in [0.25, 0.3) is 0 Å². The second-order valence-electron chi connectivity index (χ2n) is 5.52. The van der Waals surface area contributed by atoms with E-state index in [0.29, 0.717) is 6.54 Å². The smallest absolute Gasteiger partial charge is 0.317 e. The van der Waals surface area contributed by atoms with Gasteiger partial charge in [-0.2, -0.15) is 0 Å². The first-order valence-corrected chi connectivity index (χ1v) is 7.05. The number of rotatable bonds is 2. The van der Waals surface area contributed by atoms with Crippen molar-refractivity contribution in [1.29, 1.82) is 0 Å². The van der Waals surface area contributed by atoms with Crippen molar-refractivity contribution >= 4 is 6.03 Å². The molecule has 0 aromatic heterocycles. The van der Waals surface area contributed by atoms with Crippen LogP contribution in [0.3, 0.4) is 0 Å². The van der Waals surface area contributed by atoms with E-state index in [4.69, 9.17) is 0 Å². The molecule has 4 nitrogen and oxygen atoms in total. The average Bonchev–Trinajstić information content (AvgIpc) is 2.40. The Bertz CT molecular complexity index is 315. The van der Waals surface area contributed by atoms with Gasteiger partial charge in [-0.05, 0) is 39.0 Å². The van der Waals surface area contributed by atoms with Gasteiger partial charge in [-0.25, -0.2) is 4.79 Å². The molecule has 3 atom stereocenters. The number of allylic oxidation sites excluding steroid dienone is 1. The normalized spacial score (nSPS) is 30.0. The van der Waals surface area contributed by atoms with E-state index in [1.165, 1.54) is 0 Å². The number of nitrogens with one attached hydrogen (secondary N) is 1. The van der Waals surface area contributed by atoms with Crippen LogP contribution in [-0.2, 0) is 0 Å². The van der Waals surface area contributed by atoms with Crippen molar-refractivity contribution in [3.63, 3.8) is 0 Å². The lowest BCUT2D eigenvalue weighted by Crippen LogP contribution is -2.50. The lowest BCUT2D eigenvalue weighted by molar-refractivity contribution is 0.0732. The number of carbonyl (C=O) groups is 1. The predicted molar refractivity (Wildman–Crippen MR) is 71.3 cm³/mol. The molecule has 2 N–H and O–H groups in total. The summed E-state index contributed by atoms with van der Waals surface area (Å²) in [6, 6.07) is 0.329. The summed E-state index contributed by atoms with van der Waals surface area (Å²) in [5.74, 6) is 0.232. The highest BCUT2D eigenvalue weighted by Crippen LogP contribution is 2.20. The van der Waals surface area contributed by atoms with Gasteiger partial charge < -0.3 is 15.3 Å². The molecule has 0 bridgehead atoms. The fourth-order valence-corrected chi connectivity index (χ4v) is 2.78. The lowest BCUT2D eigenvalue weighted by atomic mass is 9.93. The van der Waals surface area contributed by atoms with E-state index in [0.717, 1.165) is 38.6 Å². The van der Waals surface area contributed by atoms with Crippen molar-refractivity contribution < 1.29 is 9.90 Å². The van der Waals surface area contributed by atoms with Gasteiger partial charge in [0.1, 0.15) is 0 Å². The van der Waals surface area contributed by atoms with Gasteiger partial charge in [0.05, 0.1) is 6.10 Å².